The van der Waals surface area contributed by atoms with Gasteiger partial charge in [0.2, 0.25) is 0 Å². The Balaban J connectivity index is 1.29. The molecule has 3 aromatic carbocycles. The van der Waals surface area contributed by atoms with Crippen molar-refractivity contribution in [3.63, 3.8) is 0 Å². The van der Waals surface area contributed by atoms with E-state index in [-0.39, 0.29) is 23.6 Å². The molecule has 5 rings (SSSR count). The number of ether oxygens (including phenoxy) is 2. The molecule has 0 fully saturated rings. The summed E-state index contributed by atoms with van der Waals surface area (Å²) in [7, 11) is 0. The molecule has 0 spiro atoms. The maximum atomic E-state index is 12.7. The van der Waals surface area contributed by atoms with Crippen molar-refractivity contribution in [1.82, 2.24) is 5.32 Å². The second kappa shape index (κ2) is 8.95. The molecule has 1 amide bonds. The van der Waals surface area contributed by atoms with E-state index in [1.807, 2.05) is 12.1 Å². The summed E-state index contributed by atoms with van der Waals surface area (Å²) in [6, 6.07) is 20.7. The standard InChI is InChI=1S/C28H24N2O4/c1-17(31)24-10-11-33-27-15-26(21(16-29)14-25(24)27)34-23-8-6-18(7-9-23)28(32)30-22-12-19-4-2-3-5-20(19)13-22/h2-9,14-15,22,24,31H,1,10-13H2,(H,30,32). The number of aliphatic hydroxyl groups excluding tert-OH is 1. The predicted octanol–water partition coefficient (Wildman–Crippen LogP) is 5.19. The molecular weight excluding hydrogens is 428 g/mol. The number of allylic oxidation sites excluding steroid dienone is 1. The number of hydrogen-bond donors (Lipinski definition) is 2. The lowest BCUT2D eigenvalue weighted by molar-refractivity contribution is 0.0938. The molecule has 1 unspecified atom stereocenters. The fourth-order valence-electron chi connectivity index (χ4n) is 4.67. The fraction of sp³-hybridized carbons (Fsp3) is 0.214. The molecular formula is C28H24N2O4. The molecule has 1 heterocycles. The Labute approximate surface area is 198 Å². The summed E-state index contributed by atoms with van der Waals surface area (Å²) in [4.78, 5) is 12.7. The first-order valence-electron chi connectivity index (χ1n) is 11.3. The zero-order chi connectivity index (χ0) is 23.7. The lowest BCUT2D eigenvalue weighted by atomic mass is 9.90. The molecule has 3 aromatic rings. The van der Waals surface area contributed by atoms with Crippen molar-refractivity contribution in [3.8, 4) is 23.3 Å². The van der Waals surface area contributed by atoms with Gasteiger partial charge in [-0.25, -0.2) is 0 Å². The smallest absolute Gasteiger partial charge is 0.251 e. The molecule has 2 aliphatic rings. The van der Waals surface area contributed by atoms with E-state index in [2.05, 4.69) is 30.1 Å². The summed E-state index contributed by atoms with van der Waals surface area (Å²) in [6.07, 6.45) is 2.28. The van der Waals surface area contributed by atoms with Gasteiger partial charge in [0.05, 0.1) is 17.9 Å². The quantitative estimate of drug-likeness (QED) is 0.520. The first-order valence-corrected chi connectivity index (χ1v) is 11.3. The summed E-state index contributed by atoms with van der Waals surface area (Å²) in [5.74, 6) is 1.08. The van der Waals surface area contributed by atoms with Crippen LogP contribution in [-0.2, 0) is 12.8 Å². The summed E-state index contributed by atoms with van der Waals surface area (Å²) < 4.78 is 11.7. The number of benzene rings is 3. The second-order valence-electron chi connectivity index (χ2n) is 8.65. The summed E-state index contributed by atoms with van der Waals surface area (Å²) >= 11 is 0. The average Bonchev–Trinajstić information content (AvgIpc) is 3.25. The maximum absolute atomic E-state index is 12.7. The lowest BCUT2D eigenvalue weighted by Crippen LogP contribution is -2.35. The third-order valence-electron chi connectivity index (χ3n) is 6.40. The van der Waals surface area contributed by atoms with E-state index >= 15 is 0 Å². The highest BCUT2D eigenvalue weighted by Crippen LogP contribution is 2.41. The summed E-state index contributed by atoms with van der Waals surface area (Å²) in [5.41, 5.74) is 4.17. The first-order chi connectivity index (χ1) is 16.5. The minimum absolute atomic E-state index is 0.0532. The van der Waals surface area contributed by atoms with Crippen LogP contribution in [0.15, 0.2) is 73.0 Å². The maximum Gasteiger partial charge on any atom is 0.251 e. The van der Waals surface area contributed by atoms with Crippen molar-refractivity contribution in [1.29, 1.82) is 5.26 Å². The minimum atomic E-state index is -0.268. The Bertz CT molecular complexity index is 1280. The fourth-order valence-corrected chi connectivity index (χ4v) is 4.67. The van der Waals surface area contributed by atoms with Gasteiger partial charge in [-0.3, -0.25) is 4.79 Å². The summed E-state index contributed by atoms with van der Waals surface area (Å²) in [6.45, 7) is 4.08. The number of aliphatic hydroxyl groups is 1. The Hall–Kier alpha value is -4.24. The second-order valence-corrected chi connectivity index (χ2v) is 8.65. The number of nitrogens with one attached hydrogen (secondary N) is 1. The van der Waals surface area contributed by atoms with Crippen LogP contribution in [0.1, 0.15) is 45.0 Å². The van der Waals surface area contributed by atoms with Gasteiger partial charge in [0.1, 0.15) is 23.3 Å². The summed E-state index contributed by atoms with van der Waals surface area (Å²) in [5, 5.41) is 22.6. The molecule has 6 heteroatoms. The molecule has 2 N–H and O–H groups in total. The van der Waals surface area contributed by atoms with Gasteiger partial charge in [-0.15, -0.1) is 0 Å². The Kier molecular flexibility index (Phi) is 5.69. The highest BCUT2D eigenvalue weighted by atomic mass is 16.5. The number of fused-ring (bicyclic) bond motifs is 2. The molecule has 1 aliphatic heterocycles. The molecule has 1 aliphatic carbocycles. The number of rotatable bonds is 5. The van der Waals surface area contributed by atoms with Crippen LogP contribution in [0.25, 0.3) is 0 Å². The molecule has 34 heavy (non-hydrogen) atoms. The van der Waals surface area contributed by atoms with Gasteiger partial charge in [0.15, 0.2) is 0 Å². The number of hydrogen-bond acceptors (Lipinski definition) is 5. The number of carbonyl (C=O) groups is 1. The molecule has 0 saturated carbocycles. The van der Waals surface area contributed by atoms with Crippen molar-refractivity contribution in [3.05, 3.63) is 101 Å². The zero-order valence-corrected chi connectivity index (χ0v) is 18.6. The Morgan fingerprint density at radius 3 is 2.47 bits per heavy atom. The van der Waals surface area contributed by atoms with Crippen LogP contribution in [0, 0.1) is 11.3 Å². The van der Waals surface area contributed by atoms with Crippen LogP contribution in [0.2, 0.25) is 0 Å². The van der Waals surface area contributed by atoms with Crippen LogP contribution in [-0.4, -0.2) is 23.7 Å². The highest BCUT2D eigenvalue weighted by Gasteiger charge is 2.26. The molecule has 1 atom stereocenters. The van der Waals surface area contributed by atoms with Crippen LogP contribution in [0.5, 0.6) is 17.2 Å². The number of nitrogens with zero attached hydrogens (tertiary/aromatic N) is 1. The van der Waals surface area contributed by atoms with Crippen molar-refractivity contribution in [2.24, 2.45) is 0 Å². The highest BCUT2D eigenvalue weighted by molar-refractivity contribution is 5.94. The minimum Gasteiger partial charge on any atom is -0.512 e. The van der Waals surface area contributed by atoms with Gasteiger partial charge < -0.3 is 19.9 Å². The molecule has 170 valence electrons. The lowest BCUT2D eigenvalue weighted by Gasteiger charge is -2.26. The first kappa shape index (κ1) is 21.6. The average molecular weight is 453 g/mol. The molecule has 6 nitrogen and oxygen atoms in total. The van der Waals surface area contributed by atoms with Crippen molar-refractivity contribution >= 4 is 5.91 Å². The topological polar surface area (TPSA) is 91.6 Å². The van der Waals surface area contributed by atoms with Gasteiger partial charge in [-0.2, -0.15) is 5.26 Å². The van der Waals surface area contributed by atoms with Crippen LogP contribution in [0.3, 0.4) is 0 Å². The molecule has 0 aromatic heterocycles. The molecule has 0 bridgehead atoms. The van der Waals surface area contributed by atoms with Crippen molar-refractivity contribution < 1.29 is 19.4 Å². The van der Waals surface area contributed by atoms with Gasteiger partial charge in [0, 0.05) is 29.2 Å². The monoisotopic (exact) mass is 452 g/mol. The molecule has 0 saturated heterocycles. The predicted molar refractivity (Wildman–Crippen MR) is 127 cm³/mol. The Morgan fingerprint density at radius 2 is 1.82 bits per heavy atom. The normalized spacial score (nSPS) is 16.5. The van der Waals surface area contributed by atoms with E-state index in [4.69, 9.17) is 9.47 Å². The SMILES string of the molecule is C=C(O)C1CCOc2cc(Oc3ccc(C(=O)NC4Cc5ccccc5C4)cc3)c(C#N)cc21. The molecule has 0 radical (unpaired) electrons. The van der Waals surface area contributed by atoms with Gasteiger partial charge in [0.25, 0.3) is 5.91 Å². The van der Waals surface area contributed by atoms with E-state index in [0.717, 1.165) is 18.4 Å². The van der Waals surface area contributed by atoms with Crippen LogP contribution in [0.4, 0.5) is 0 Å². The van der Waals surface area contributed by atoms with E-state index < -0.39 is 0 Å². The van der Waals surface area contributed by atoms with Crippen molar-refractivity contribution in [2.75, 3.05) is 6.61 Å². The van der Waals surface area contributed by atoms with E-state index in [1.54, 1.807) is 36.4 Å². The largest absolute Gasteiger partial charge is 0.512 e. The van der Waals surface area contributed by atoms with Crippen LogP contribution >= 0.6 is 0 Å². The van der Waals surface area contributed by atoms with E-state index in [9.17, 15) is 15.2 Å². The van der Waals surface area contributed by atoms with Crippen molar-refractivity contribution in [2.45, 2.75) is 31.2 Å². The third-order valence-corrected chi connectivity index (χ3v) is 6.40. The number of carbonyl (C=O) groups excluding carboxylic acids is 1. The number of nitriles is 1. The van der Waals surface area contributed by atoms with Gasteiger partial charge in [-0.05, 0) is 60.7 Å². The van der Waals surface area contributed by atoms with E-state index in [1.165, 1.54) is 11.1 Å². The van der Waals surface area contributed by atoms with E-state index in [0.29, 0.717) is 41.4 Å². The van der Waals surface area contributed by atoms with Gasteiger partial charge >= 0.3 is 0 Å². The Morgan fingerprint density at radius 1 is 1.12 bits per heavy atom. The zero-order valence-electron chi connectivity index (χ0n) is 18.6. The third kappa shape index (κ3) is 4.20. The van der Waals surface area contributed by atoms with Gasteiger partial charge in [-0.1, -0.05) is 30.8 Å². The van der Waals surface area contributed by atoms with Crippen LogP contribution < -0.4 is 14.8 Å². The number of amides is 1.